The standard InChI is InChI=1S/C18H22INO2/c1-20-14-8-9-16(20)17(18(21)22-11-5-10-19)15(12-14)13-6-3-2-4-7-13/h2-7,10,14-17H,8-9,11-12H2,1H3/b10-5-. The van der Waals surface area contributed by atoms with E-state index >= 15 is 0 Å². The van der Waals surface area contributed by atoms with Gasteiger partial charge in [-0.2, -0.15) is 0 Å². The minimum absolute atomic E-state index is 0.0412. The summed E-state index contributed by atoms with van der Waals surface area (Å²) in [6.07, 6.45) is 5.23. The summed E-state index contributed by atoms with van der Waals surface area (Å²) in [6, 6.07) is 11.4. The Kier molecular flexibility index (Phi) is 5.18. The molecule has 2 fully saturated rings. The van der Waals surface area contributed by atoms with Gasteiger partial charge in [0, 0.05) is 18.0 Å². The average Bonchev–Trinajstić information content (AvgIpc) is 2.78. The lowest BCUT2D eigenvalue weighted by Gasteiger charge is -2.41. The fourth-order valence-corrected chi connectivity index (χ4v) is 4.30. The molecule has 4 heteroatoms. The van der Waals surface area contributed by atoms with Crippen molar-refractivity contribution in [3.8, 4) is 0 Å². The summed E-state index contributed by atoms with van der Waals surface area (Å²) >= 11 is 2.14. The van der Waals surface area contributed by atoms with E-state index in [2.05, 4.69) is 58.8 Å². The number of benzene rings is 1. The lowest BCUT2D eigenvalue weighted by atomic mass is 9.76. The molecule has 1 aromatic rings. The first-order chi connectivity index (χ1) is 10.7. The SMILES string of the molecule is CN1C2CCC1C(C(=O)OC/C=C\I)C(c1ccccc1)C2. The molecule has 2 aliphatic rings. The number of fused-ring (bicyclic) bond motifs is 2. The minimum Gasteiger partial charge on any atom is -0.461 e. The molecule has 4 unspecified atom stereocenters. The quantitative estimate of drug-likeness (QED) is 0.559. The molecule has 1 aromatic carbocycles. The second-order valence-electron chi connectivity index (χ2n) is 6.23. The van der Waals surface area contributed by atoms with E-state index < -0.39 is 0 Å². The van der Waals surface area contributed by atoms with E-state index in [1.165, 1.54) is 12.0 Å². The highest BCUT2D eigenvalue weighted by Crippen LogP contribution is 2.46. The third-order valence-electron chi connectivity index (χ3n) is 5.18. The van der Waals surface area contributed by atoms with Gasteiger partial charge in [-0.3, -0.25) is 9.69 Å². The largest absolute Gasteiger partial charge is 0.461 e. The molecule has 2 heterocycles. The number of esters is 1. The van der Waals surface area contributed by atoms with Gasteiger partial charge in [0.15, 0.2) is 0 Å². The first-order valence-electron chi connectivity index (χ1n) is 7.91. The third-order valence-corrected chi connectivity index (χ3v) is 5.69. The molecule has 2 aliphatic heterocycles. The number of hydrogen-bond acceptors (Lipinski definition) is 3. The van der Waals surface area contributed by atoms with Crippen LogP contribution >= 0.6 is 22.6 Å². The smallest absolute Gasteiger partial charge is 0.311 e. The van der Waals surface area contributed by atoms with Crippen LogP contribution in [0.15, 0.2) is 40.5 Å². The maximum absolute atomic E-state index is 12.7. The van der Waals surface area contributed by atoms with Gasteiger partial charge >= 0.3 is 5.97 Å². The van der Waals surface area contributed by atoms with Crippen LogP contribution < -0.4 is 0 Å². The fourth-order valence-electron chi connectivity index (χ4n) is 4.09. The van der Waals surface area contributed by atoms with E-state index in [0.717, 1.165) is 12.8 Å². The molecule has 2 bridgehead atoms. The Balaban J connectivity index is 1.85. The van der Waals surface area contributed by atoms with E-state index in [1.54, 1.807) is 0 Å². The Labute approximate surface area is 145 Å². The predicted molar refractivity (Wildman–Crippen MR) is 96.0 cm³/mol. The van der Waals surface area contributed by atoms with Gasteiger partial charge < -0.3 is 4.74 Å². The van der Waals surface area contributed by atoms with Crippen molar-refractivity contribution >= 4 is 28.6 Å². The van der Waals surface area contributed by atoms with E-state index in [9.17, 15) is 4.79 Å². The molecule has 0 aliphatic carbocycles. The molecule has 0 aromatic heterocycles. The van der Waals surface area contributed by atoms with Crippen LogP contribution in [0.3, 0.4) is 0 Å². The van der Waals surface area contributed by atoms with Crippen LogP contribution in [0.4, 0.5) is 0 Å². The van der Waals surface area contributed by atoms with Crippen molar-refractivity contribution in [3.05, 3.63) is 46.1 Å². The summed E-state index contributed by atoms with van der Waals surface area (Å²) in [5.74, 6) is 0.195. The number of nitrogens with zero attached hydrogens (tertiary/aromatic N) is 1. The first-order valence-corrected chi connectivity index (χ1v) is 9.15. The monoisotopic (exact) mass is 411 g/mol. The Morgan fingerprint density at radius 2 is 2.14 bits per heavy atom. The average molecular weight is 411 g/mol. The van der Waals surface area contributed by atoms with Gasteiger partial charge in [0.2, 0.25) is 0 Å². The van der Waals surface area contributed by atoms with Crippen LogP contribution in [0.5, 0.6) is 0 Å². The van der Waals surface area contributed by atoms with Crippen molar-refractivity contribution in [1.82, 2.24) is 4.90 Å². The van der Waals surface area contributed by atoms with Crippen LogP contribution in [0, 0.1) is 5.92 Å². The van der Waals surface area contributed by atoms with Crippen molar-refractivity contribution in [2.75, 3.05) is 13.7 Å². The molecule has 0 saturated carbocycles. The van der Waals surface area contributed by atoms with E-state index in [-0.39, 0.29) is 17.8 Å². The summed E-state index contributed by atoms with van der Waals surface area (Å²) in [7, 11) is 2.16. The number of rotatable bonds is 4. The third kappa shape index (κ3) is 3.08. The van der Waals surface area contributed by atoms with Gasteiger partial charge in [-0.15, -0.1) is 0 Å². The fraction of sp³-hybridized carbons (Fsp3) is 0.500. The van der Waals surface area contributed by atoms with Crippen LogP contribution in [0.2, 0.25) is 0 Å². The Bertz CT molecular complexity index is 545. The lowest BCUT2D eigenvalue weighted by Crippen LogP contribution is -2.49. The zero-order chi connectivity index (χ0) is 15.5. The van der Waals surface area contributed by atoms with Gasteiger partial charge in [0.25, 0.3) is 0 Å². The van der Waals surface area contributed by atoms with Gasteiger partial charge in [-0.1, -0.05) is 52.9 Å². The number of piperidine rings is 1. The van der Waals surface area contributed by atoms with Gasteiger partial charge in [-0.25, -0.2) is 0 Å². The highest BCUT2D eigenvalue weighted by molar-refractivity contribution is 14.1. The van der Waals surface area contributed by atoms with Crippen LogP contribution in [-0.2, 0) is 9.53 Å². The summed E-state index contributed by atoms with van der Waals surface area (Å²) in [4.78, 5) is 15.1. The van der Waals surface area contributed by atoms with Crippen LogP contribution in [0.1, 0.15) is 30.7 Å². The molecule has 0 amide bonds. The predicted octanol–water partition coefficient (Wildman–Crippen LogP) is 3.74. The molecule has 22 heavy (non-hydrogen) atoms. The normalized spacial score (nSPS) is 31.5. The maximum atomic E-state index is 12.7. The molecule has 0 N–H and O–H groups in total. The summed E-state index contributed by atoms with van der Waals surface area (Å²) in [5.41, 5.74) is 1.28. The van der Waals surface area contributed by atoms with E-state index in [1.807, 2.05) is 16.2 Å². The van der Waals surface area contributed by atoms with Gasteiger partial charge in [0.05, 0.1) is 5.92 Å². The molecule has 0 spiro atoms. The zero-order valence-electron chi connectivity index (χ0n) is 12.8. The van der Waals surface area contributed by atoms with Crippen molar-refractivity contribution < 1.29 is 9.53 Å². The topological polar surface area (TPSA) is 29.5 Å². The highest BCUT2D eigenvalue weighted by atomic mass is 127. The second-order valence-corrected chi connectivity index (χ2v) is 6.95. The molecule has 2 saturated heterocycles. The second kappa shape index (κ2) is 7.13. The number of halogens is 1. The van der Waals surface area contributed by atoms with Gasteiger partial charge in [-0.05, 0) is 42.0 Å². The lowest BCUT2D eigenvalue weighted by molar-refractivity contribution is -0.152. The Morgan fingerprint density at radius 3 is 2.86 bits per heavy atom. The minimum atomic E-state index is -0.0474. The summed E-state index contributed by atoms with van der Waals surface area (Å²) < 4.78 is 7.40. The zero-order valence-corrected chi connectivity index (χ0v) is 15.0. The van der Waals surface area contributed by atoms with E-state index in [4.69, 9.17) is 4.74 Å². The molecular formula is C18H22INO2. The number of carbonyl (C=O) groups is 1. The summed E-state index contributed by atoms with van der Waals surface area (Å²) in [6.45, 7) is 0.375. The Hall–Kier alpha value is -0.880. The molecule has 118 valence electrons. The molecular weight excluding hydrogens is 389 g/mol. The highest BCUT2D eigenvalue weighted by Gasteiger charge is 2.49. The maximum Gasteiger partial charge on any atom is 0.311 e. The van der Waals surface area contributed by atoms with Crippen molar-refractivity contribution in [2.24, 2.45) is 5.92 Å². The molecule has 3 nitrogen and oxygen atoms in total. The van der Waals surface area contributed by atoms with Crippen LogP contribution in [0.25, 0.3) is 0 Å². The van der Waals surface area contributed by atoms with Gasteiger partial charge in [0.1, 0.15) is 6.61 Å². The number of carbonyl (C=O) groups excluding carboxylic acids is 1. The van der Waals surface area contributed by atoms with Crippen molar-refractivity contribution in [1.29, 1.82) is 0 Å². The molecule has 0 radical (unpaired) electrons. The van der Waals surface area contributed by atoms with Crippen molar-refractivity contribution in [3.63, 3.8) is 0 Å². The molecule has 3 rings (SSSR count). The van der Waals surface area contributed by atoms with E-state index in [0.29, 0.717) is 18.7 Å². The molecule has 4 atom stereocenters. The number of hydrogen-bond donors (Lipinski definition) is 0. The Morgan fingerprint density at radius 1 is 1.36 bits per heavy atom. The van der Waals surface area contributed by atoms with Crippen LogP contribution in [-0.4, -0.2) is 36.6 Å². The van der Waals surface area contributed by atoms with Crippen molar-refractivity contribution in [2.45, 2.75) is 37.3 Å². The summed E-state index contributed by atoms with van der Waals surface area (Å²) in [5, 5.41) is 0. The number of ether oxygens (including phenoxy) is 1. The first kappa shape index (κ1) is 16.0.